The first-order chi connectivity index (χ1) is 5.77. The first kappa shape index (κ1) is 10.0. The van der Waals surface area contributed by atoms with E-state index in [-0.39, 0.29) is 0 Å². The predicted octanol–water partition coefficient (Wildman–Crippen LogP) is 3.38. The average molecular weight is 170 g/mol. The maximum Gasteiger partial charge on any atom is 0.0519 e. The fraction of sp³-hybridized carbons (Fsp3) is 1.00. The van der Waals surface area contributed by atoms with Crippen LogP contribution in [0, 0.1) is 5.41 Å². The zero-order chi connectivity index (χ0) is 8.86. The van der Waals surface area contributed by atoms with Crippen LogP contribution in [0.15, 0.2) is 0 Å². The average Bonchev–Trinajstić information content (AvgIpc) is 2.01. The smallest absolute Gasteiger partial charge is 0.0519 e. The zero-order valence-corrected chi connectivity index (χ0v) is 8.57. The molecule has 72 valence electrons. The Morgan fingerprint density at radius 1 is 1.25 bits per heavy atom. The number of ether oxygens (including phenoxy) is 1. The summed E-state index contributed by atoms with van der Waals surface area (Å²) in [5.41, 5.74) is 0.548. The normalized spacial score (nSPS) is 20.5. The summed E-state index contributed by atoms with van der Waals surface area (Å²) in [4.78, 5) is 0. The molecule has 1 nitrogen and oxygen atoms in total. The molecule has 1 heteroatoms. The van der Waals surface area contributed by atoms with Crippen LogP contribution in [0.5, 0.6) is 0 Å². The molecule has 0 spiro atoms. The van der Waals surface area contributed by atoms with Crippen LogP contribution in [0.25, 0.3) is 0 Å². The van der Waals surface area contributed by atoms with Gasteiger partial charge >= 0.3 is 0 Å². The molecule has 0 aromatic heterocycles. The van der Waals surface area contributed by atoms with Crippen LogP contribution >= 0.6 is 0 Å². The zero-order valence-electron chi connectivity index (χ0n) is 8.57. The Bertz CT molecular complexity index is 116. The van der Waals surface area contributed by atoms with Crippen molar-refractivity contribution in [3.8, 4) is 0 Å². The van der Waals surface area contributed by atoms with Crippen molar-refractivity contribution in [3.05, 3.63) is 0 Å². The van der Waals surface area contributed by atoms with E-state index < -0.39 is 0 Å². The van der Waals surface area contributed by atoms with Gasteiger partial charge in [-0.1, -0.05) is 33.1 Å². The van der Waals surface area contributed by atoms with Crippen LogP contribution < -0.4 is 0 Å². The van der Waals surface area contributed by atoms with Crippen LogP contribution in [0.2, 0.25) is 0 Å². The Hall–Kier alpha value is -0.0400. The van der Waals surface area contributed by atoms with Crippen molar-refractivity contribution in [1.82, 2.24) is 0 Å². The fourth-order valence-corrected chi connectivity index (χ4v) is 1.70. The second-order valence-corrected chi connectivity index (χ2v) is 4.42. The molecule has 0 bridgehead atoms. The number of unbranched alkanes of at least 4 members (excludes halogenated alkanes) is 2. The minimum Gasteiger partial charge on any atom is -0.381 e. The van der Waals surface area contributed by atoms with Gasteiger partial charge < -0.3 is 4.74 Å². The molecule has 0 amide bonds. The highest BCUT2D eigenvalue weighted by Gasteiger charge is 2.31. The topological polar surface area (TPSA) is 9.23 Å². The fourth-order valence-electron chi connectivity index (χ4n) is 1.70. The van der Waals surface area contributed by atoms with Crippen LogP contribution in [-0.2, 0) is 4.74 Å². The van der Waals surface area contributed by atoms with Crippen molar-refractivity contribution < 1.29 is 4.74 Å². The van der Waals surface area contributed by atoms with E-state index in [1.807, 2.05) is 0 Å². The van der Waals surface area contributed by atoms with E-state index in [2.05, 4.69) is 13.8 Å². The van der Waals surface area contributed by atoms with Gasteiger partial charge in [-0.05, 0) is 24.7 Å². The maximum absolute atomic E-state index is 5.64. The van der Waals surface area contributed by atoms with E-state index in [0.29, 0.717) is 5.41 Å². The first-order valence-electron chi connectivity index (χ1n) is 5.35. The summed E-state index contributed by atoms with van der Waals surface area (Å²) in [7, 11) is 0. The van der Waals surface area contributed by atoms with Gasteiger partial charge in [0.1, 0.15) is 0 Å². The van der Waals surface area contributed by atoms with Gasteiger partial charge in [-0.15, -0.1) is 0 Å². The van der Waals surface area contributed by atoms with Crippen LogP contribution in [-0.4, -0.2) is 13.2 Å². The molecule has 0 saturated heterocycles. The maximum atomic E-state index is 5.64. The molecule has 0 N–H and O–H groups in total. The summed E-state index contributed by atoms with van der Waals surface area (Å²) in [5.74, 6) is 0. The molecule has 0 aromatic rings. The van der Waals surface area contributed by atoms with E-state index >= 15 is 0 Å². The molecule has 0 aromatic carbocycles. The summed E-state index contributed by atoms with van der Waals surface area (Å²) < 4.78 is 5.64. The van der Waals surface area contributed by atoms with Crippen molar-refractivity contribution in [2.75, 3.05) is 13.2 Å². The van der Waals surface area contributed by atoms with Gasteiger partial charge in [-0.25, -0.2) is 0 Å². The summed E-state index contributed by atoms with van der Waals surface area (Å²) >= 11 is 0. The van der Waals surface area contributed by atoms with Crippen LogP contribution in [0.4, 0.5) is 0 Å². The quantitative estimate of drug-likeness (QED) is 0.555. The minimum absolute atomic E-state index is 0.548. The van der Waals surface area contributed by atoms with Crippen LogP contribution in [0.1, 0.15) is 52.4 Å². The van der Waals surface area contributed by atoms with Crippen molar-refractivity contribution >= 4 is 0 Å². The molecular weight excluding hydrogens is 148 g/mol. The molecule has 0 unspecified atom stereocenters. The van der Waals surface area contributed by atoms with E-state index in [1.54, 1.807) is 0 Å². The SMILES string of the molecule is CCCCCOCC1(C)CCC1. The summed E-state index contributed by atoms with van der Waals surface area (Å²) in [6, 6.07) is 0. The first-order valence-corrected chi connectivity index (χ1v) is 5.35. The third kappa shape index (κ3) is 3.14. The van der Waals surface area contributed by atoms with E-state index in [4.69, 9.17) is 4.74 Å². The highest BCUT2D eigenvalue weighted by atomic mass is 16.5. The third-order valence-electron chi connectivity index (χ3n) is 2.90. The van der Waals surface area contributed by atoms with Crippen molar-refractivity contribution in [2.24, 2.45) is 5.41 Å². The molecule has 0 radical (unpaired) electrons. The summed E-state index contributed by atoms with van der Waals surface area (Å²) in [5, 5.41) is 0. The minimum atomic E-state index is 0.548. The molecule has 1 aliphatic rings. The second-order valence-electron chi connectivity index (χ2n) is 4.42. The Labute approximate surface area is 76.5 Å². The lowest BCUT2D eigenvalue weighted by atomic mass is 9.71. The van der Waals surface area contributed by atoms with Gasteiger partial charge in [0, 0.05) is 6.61 Å². The van der Waals surface area contributed by atoms with Gasteiger partial charge in [0.05, 0.1) is 6.61 Å². The third-order valence-corrected chi connectivity index (χ3v) is 2.90. The monoisotopic (exact) mass is 170 g/mol. The van der Waals surface area contributed by atoms with Gasteiger partial charge in [0.25, 0.3) is 0 Å². The number of hydrogen-bond acceptors (Lipinski definition) is 1. The Balaban J connectivity index is 1.88. The lowest BCUT2D eigenvalue weighted by Gasteiger charge is -2.37. The molecular formula is C11H22O. The molecule has 1 aliphatic carbocycles. The Morgan fingerprint density at radius 3 is 2.50 bits per heavy atom. The van der Waals surface area contributed by atoms with Crippen molar-refractivity contribution in [2.45, 2.75) is 52.4 Å². The number of hydrogen-bond donors (Lipinski definition) is 0. The Morgan fingerprint density at radius 2 is 2.00 bits per heavy atom. The predicted molar refractivity (Wildman–Crippen MR) is 52.3 cm³/mol. The Kier molecular flexibility index (Phi) is 4.07. The van der Waals surface area contributed by atoms with Gasteiger partial charge in [-0.3, -0.25) is 0 Å². The van der Waals surface area contributed by atoms with E-state index in [9.17, 15) is 0 Å². The lowest BCUT2D eigenvalue weighted by molar-refractivity contribution is 0.00556. The molecule has 1 saturated carbocycles. The highest BCUT2D eigenvalue weighted by Crippen LogP contribution is 2.40. The standard InChI is InChI=1S/C11H22O/c1-3-4-5-9-12-10-11(2)7-6-8-11/h3-10H2,1-2H3. The lowest BCUT2D eigenvalue weighted by Crippen LogP contribution is -2.31. The molecule has 1 fully saturated rings. The van der Waals surface area contributed by atoms with E-state index in [1.165, 1.54) is 38.5 Å². The highest BCUT2D eigenvalue weighted by molar-refractivity contribution is 4.82. The van der Waals surface area contributed by atoms with Gasteiger partial charge in [0.15, 0.2) is 0 Å². The molecule has 0 atom stereocenters. The molecule has 12 heavy (non-hydrogen) atoms. The largest absolute Gasteiger partial charge is 0.381 e. The summed E-state index contributed by atoms with van der Waals surface area (Å²) in [6.07, 6.45) is 8.01. The van der Waals surface area contributed by atoms with Crippen molar-refractivity contribution in [1.29, 1.82) is 0 Å². The molecule has 1 rings (SSSR count). The van der Waals surface area contributed by atoms with Crippen LogP contribution in [0.3, 0.4) is 0 Å². The molecule has 0 aliphatic heterocycles. The second kappa shape index (κ2) is 4.86. The van der Waals surface area contributed by atoms with E-state index in [0.717, 1.165) is 13.2 Å². The van der Waals surface area contributed by atoms with Crippen molar-refractivity contribution in [3.63, 3.8) is 0 Å². The van der Waals surface area contributed by atoms with Gasteiger partial charge in [-0.2, -0.15) is 0 Å². The number of rotatable bonds is 6. The summed E-state index contributed by atoms with van der Waals surface area (Å²) in [6.45, 7) is 6.55. The van der Waals surface area contributed by atoms with Gasteiger partial charge in [0.2, 0.25) is 0 Å². The molecule has 0 heterocycles.